The number of rotatable bonds is 5. The highest BCUT2D eigenvalue weighted by molar-refractivity contribution is 6.30. The van der Waals surface area contributed by atoms with Gasteiger partial charge in [0.1, 0.15) is 11.6 Å². The molecule has 1 amide bonds. The fourth-order valence-corrected chi connectivity index (χ4v) is 2.00. The topological polar surface area (TPSA) is 38.3 Å². The zero-order valence-electron chi connectivity index (χ0n) is 12.4. The van der Waals surface area contributed by atoms with Crippen LogP contribution in [0.4, 0.5) is 4.39 Å². The fraction of sp³-hybridized carbons (Fsp3) is 0.235. The Kier molecular flexibility index (Phi) is 5.03. The van der Waals surface area contributed by atoms with Crippen molar-refractivity contribution in [2.75, 3.05) is 0 Å². The number of amides is 1. The smallest absolute Gasteiger partial charge is 0.263 e. The lowest BCUT2D eigenvalue weighted by molar-refractivity contribution is -0.134. The van der Waals surface area contributed by atoms with Crippen molar-refractivity contribution in [3.8, 4) is 5.75 Å². The van der Waals surface area contributed by atoms with Gasteiger partial charge in [-0.1, -0.05) is 29.8 Å². The third kappa shape index (κ3) is 4.21. The zero-order valence-corrected chi connectivity index (χ0v) is 13.2. The van der Waals surface area contributed by atoms with Crippen LogP contribution in [0.25, 0.3) is 0 Å². The van der Waals surface area contributed by atoms with Crippen LogP contribution in [0, 0.1) is 5.82 Å². The second-order valence-electron chi connectivity index (χ2n) is 5.34. The summed E-state index contributed by atoms with van der Waals surface area (Å²) in [5.74, 6) is -0.139. The maximum Gasteiger partial charge on any atom is 0.263 e. The standard InChI is InChI=1S/C17H17ClFNO2/c1-17(2,22-14-9-7-13(18)8-10-14)16(21)20-11-12-5-3-4-6-15(12)19/h3-10H,11H2,1-2H3,(H,20,21). The highest BCUT2D eigenvalue weighted by Gasteiger charge is 2.29. The summed E-state index contributed by atoms with van der Waals surface area (Å²) in [7, 11) is 0. The normalized spacial score (nSPS) is 11.1. The van der Waals surface area contributed by atoms with E-state index in [0.29, 0.717) is 16.3 Å². The number of nitrogens with one attached hydrogen (secondary N) is 1. The molecule has 0 aliphatic rings. The largest absolute Gasteiger partial charge is 0.478 e. The Labute approximate surface area is 134 Å². The van der Waals surface area contributed by atoms with Gasteiger partial charge in [0.2, 0.25) is 0 Å². The molecule has 116 valence electrons. The lowest BCUT2D eigenvalue weighted by Gasteiger charge is -2.25. The molecule has 0 saturated heterocycles. The quantitative estimate of drug-likeness (QED) is 0.905. The Morgan fingerprint density at radius 1 is 1.18 bits per heavy atom. The van der Waals surface area contributed by atoms with Crippen LogP contribution in [0.2, 0.25) is 5.02 Å². The predicted octanol–water partition coefficient (Wildman–Crippen LogP) is 3.95. The molecule has 3 nitrogen and oxygen atoms in total. The van der Waals surface area contributed by atoms with Crippen LogP contribution in [0.5, 0.6) is 5.75 Å². The molecule has 0 atom stereocenters. The van der Waals surface area contributed by atoms with Gasteiger partial charge in [-0.2, -0.15) is 0 Å². The highest BCUT2D eigenvalue weighted by atomic mass is 35.5. The van der Waals surface area contributed by atoms with E-state index in [2.05, 4.69) is 5.32 Å². The summed E-state index contributed by atoms with van der Waals surface area (Å²) in [4.78, 5) is 12.2. The molecule has 5 heteroatoms. The Hall–Kier alpha value is -2.07. The number of halogens is 2. The number of carbonyl (C=O) groups is 1. The average molecular weight is 322 g/mol. The molecule has 0 aliphatic heterocycles. The van der Waals surface area contributed by atoms with Crippen LogP contribution in [0.1, 0.15) is 19.4 Å². The summed E-state index contributed by atoms with van der Waals surface area (Å²) in [6.45, 7) is 3.41. The van der Waals surface area contributed by atoms with E-state index in [1.54, 1.807) is 56.3 Å². The van der Waals surface area contributed by atoms with Gasteiger partial charge in [0.15, 0.2) is 5.60 Å². The van der Waals surface area contributed by atoms with Crippen LogP contribution in [-0.2, 0) is 11.3 Å². The molecule has 0 aliphatic carbocycles. The lowest BCUT2D eigenvalue weighted by Crippen LogP contribution is -2.46. The summed E-state index contributed by atoms with van der Waals surface area (Å²) in [5.41, 5.74) is -0.655. The molecule has 0 fully saturated rings. The third-order valence-corrected chi connectivity index (χ3v) is 3.38. The van der Waals surface area contributed by atoms with E-state index in [1.807, 2.05) is 0 Å². The molecule has 2 aromatic carbocycles. The molecule has 2 rings (SSSR count). The summed E-state index contributed by atoms with van der Waals surface area (Å²) in [6, 6.07) is 13.1. The van der Waals surface area contributed by atoms with E-state index in [4.69, 9.17) is 16.3 Å². The van der Waals surface area contributed by atoms with Crippen molar-refractivity contribution < 1.29 is 13.9 Å². The van der Waals surface area contributed by atoms with Crippen LogP contribution < -0.4 is 10.1 Å². The first kappa shape index (κ1) is 16.3. The first-order chi connectivity index (χ1) is 10.4. The minimum atomic E-state index is -1.08. The second kappa shape index (κ2) is 6.79. The highest BCUT2D eigenvalue weighted by Crippen LogP contribution is 2.21. The van der Waals surface area contributed by atoms with E-state index in [9.17, 15) is 9.18 Å². The maximum atomic E-state index is 13.5. The lowest BCUT2D eigenvalue weighted by atomic mass is 10.1. The summed E-state index contributed by atoms with van der Waals surface area (Å²) < 4.78 is 19.2. The molecule has 0 spiro atoms. The Balaban J connectivity index is 1.98. The van der Waals surface area contributed by atoms with Crippen molar-refractivity contribution in [1.29, 1.82) is 0 Å². The van der Waals surface area contributed by atoms with Gasteiger partial charge < -0.3 is 10.1 Å². The third-order valence-electron chi connectivity index (χ3n) is 3.13. The van der Waals surface area contributed by atoms with E-state index < -0.39 is 5.60 Å². The SMILES string of the molecule is CC(C)(Oc1ccc(Cl)cc1)C(=O)NCc1ccccc1F. The van der Waals surface area contributed by atoms with Crippen molar-refractivity contribution in [1.82, 2.24) is 5.32 Å². The fourth-order valence-electron chi connectivity index (χ4n) is 1.87. The van der Waals surface area contributed by atoms with Gasteiger partial charge in [-0.3, -0.25) is 4.79 Å². The van der Waals surface area contributed by atoms with Crippen LogP contribution in [-0.4, -0.2) is 11.5 Å². The molecule has 2 aromatic rings. The molecule has 0 saturated carbocycles. The molecular weight excluding hydrogens is 305 g/mol. The van der Waals surface area contributed by atoms with Crippen molar-refractivity contribution in [3.63, 3.8) is 0 Å². The first-order valence-electron chi connectivity index (χ1n) is 6.85. The van der Waals surface area contributed by atoms with Crippen molar-refractivity contribution >= 4 is 17.5 Å². The van der Waals surface area contributed by atoms with E-state index in [1.165, 1.54) is 6.07 Å². The van der Waals surface area contributed by atoms with E-state index >= 15 is 0 Å². The molecule has 0 unspecified atom stereocenters. The molecule has 0 heterocycles. The number of hydrogen-bond acceptors (Lipinski definition) is 2. The van der Waals surface area contributed by atoms with Crippen molar-refractivity contribution in [2.24, 2.45) is 0 Å². The molecular formula is C17H17ClFNO2. The van der Waals surface area contributed by atoms with Gasteiger partial charge in [-0.05, 0) is 44.2 Å². The minimum absolute atomic E-state index is 0.110. The zero-order chi connectivity index (χ0) is 16.2. The van der Waals surface area contributed by atoms with Gasteiger partial charge >= 0.3 is 0 Å². The van der Waals surface area contributed by atoms with Crippen LogP contribution in [0.3, 0.4) is 0 Å². The summed E-state index contributed by atoms with van der Waals surface area (Å²) in [6.07, 6.45) is 0. The number of hydrogen-bond donors (Lipinski definition) is 1. The van der Waals surface area contributed by atoms with Crippen molar-refractivity contribution in [2.45, 2.75) is 26.0 Å². The molecule has 1 N–H and O–H groups in total. The molecule has 0 radical (unpaired) electrons. The first-order valence-corrected chi connectivity index (χ1v) is 7.22. The van der Waals surface area contributed by atoms with Gasteiger partial charge in [0.05, 0.1) is 0 Å². The Bertz CT molecular complexity index is 656. The Morgan fingerprint density at radius 3 is 2.45 bits per heavy atom. The predicted molar refractivity (Wildman–Crippen MR) is 84.4 cm³/mol. The number of ether oxygens (including phenoxy) is 1. The monoisotopic (exact) mass is 321 g/mol. The van der Waals surface area contributed by atoms with Crippen molar-refractivity contribution in [3.05, 3.63) is 64.9 Å². The van der Waals surface area contributed by atoms with Gasteiger partial charge in [0, 0.05) is 17.1 Å². The summed E-state index contributed by atoms with van der Waals surface area (Å²) >= 11 is 5.81. The maximum absolute atomic E-state index is 13.5. The van der Waals surface area contributed by atoms with E-state index in [0.717, 1.165) is 0 Å². The van der Waals surface area contributed by atoms with Crippen LogP contribution >= 0.6 is 11.6 Å². The minimum Gasteiger partial charge on any atom is -0.478 e. The van der Waals surface area contributed by atoms with Gasteiger partial charge in [-0.25, -0.2) is 4.39 Å². The summed E-state index contributed by atoms with van der Waals surface area (Å²) in [5, 5.41) is 3.27. The van der Waals surface area contributed by atoms with Gasteiger partial charge in [-0.15, -0.1) is 0 Å². The number of carbonyl (C=O) groups excluding carboxylic acids is 1. The van der Waals surface area contributed by atoms with E-state index in [-0.39, 0.29) is 18.3 Å². The molecule has 22 heavy (non-hydrogen) atoms. The Morgan fingerprint density at radius 2 is 1.82 bits per heavy atom. The van der Waals surface area contributed by atoms with Crippen LogP contribution in [0.15, 0.2) is 48.5 Å². The molecule has 0 aromatic heterocycles. The average Bonchev–Trinajstić information content (AvgIpc) is 2.48. The van der Waals surface area contributed by atoms with Gasteiger partial charge in [0.25, 0.3) is 5.91 Å². The second-order valence-corrected chi connectivity index (χ2v) is 5.78. The molecule has 0 bridgehead atoms. The number of benzene rings is 2.